The van der Waals surface area contributed by atoms with Crippen molar-refractivity contribution in [2.45, 2.75) is 0 Å². The molecule has 0 aromatic heterocycles. The number of ether oxygens (including phenoxy) is 1. The Bertz CT molecular complexity index is 1200. The van der Waals surface area contributed by atoms with E-state index in [2.05, 4.69) is 0 Å². The molecule has 3 aromatic rings. The van der Waals surface area contributed by atoms with Crippen molar-refractivity contribution in [1.29, 1.82) is 0 Å². The summed E-state index contributed by atoms with van der Waals surface area (Å²) in [5.41, 5.74) is 3.43. The highest BCUT2D eigenvalue weighted by atomic mass is 33.1. The smallest absolute Gasteiger partial charge is 0.348 e. The van der Waals surface area contributed by atoms with E-state index in [1.54, 1.807) is 35.1 Å². The molecule has 0 saturated carbocycles. The number of benzene rings is 3. The first-order valence-electron chi connectivity index (χ1n) is 9.04. The van der Waals surface area contributed by atoms with Crippen molar-refractivity contribution in [3.63, 3.8) is 0 Å². The number of hydrogen-bond donors (Lipinski definition) is 0. The normalized spacial score (nSPS) is 18.6. The average molecular weight is 415 g/mol. The number of esters is 1. The Balaban J connectivity index is 1.76. The van der Waals surface area contributed by atoms with Crippen LogP contribution in [0.4, 0.5) is 0 Å². The molecule has 0 N–H and O–H groups in total. The molecule has 3 nitrogen and oxygen atoms in total. The molecule has 140 valence electrons. The molecule has 29 heavy (non-hydrogen) atoms. The second-order valence-corrected chi connectivity index (χ2v) is 8.67. The van der Waals surface area contributed by atoms with Crippen LogP contribution in [0, 0.1) is 0 Å². The molecular formula is C24H14O3S2. The molecular weight excluding hydrogens is 400 g/mol. The minimum atomic E-state index is -0.598. The quantitative estimate of drug-likeness (QED) is 0.169. The second-order valence-electron chi connectivity index (χ2n) is 6.52. The van der Waals surface area contributed by atoms with Crippen molar-refractivity contribution >= 4 is 43.8 Å². The van der Waals surface area contributed by atoms with Crippen LogP contribution in [0.3, 0.4) is 0 Å². The standard InChI is InChI=1S/C24H14O3S2/c25-21-17-13-7-8-14-18(17)27-24(26)20(21)23-19(15-9-3-1-4-10-15)22(28-29-23)16-11-5-2-6-12-16/h1-14H. The fraction of sp³-hybridized carbons (Fsp3) is 0. The maximum absolute atomic E-state index is 13.2. The predicted octanol–water partition coefficient (Wildman–Crippen LogP) is 6.01. The van der Waals surface area contributed by atoms with Crippen molar-refractivity contribution in [1.82, 2.24) is 0 Å². The zero-order chi connectivity index (χ0) is 19.8. The van der Waals surface area contributed by atoms with Crippen LogP contribution in [0.5, 0.6) is 5.75 Å². The molecule has 0 atom stereocenters. The number of Topliss-reactive ketones (excluding diaryl/α,β-unsaturated/α-hetero) is 1. The van der Waals surface area contributed by atoms with Crippen LogP contribution in [0.2, 0.25) is 0 Å². The molecule has 5 rings (SSSR count). The monoisotopic (exact) mass is 414 g/mol. The van der Waals surface area contributed by atoms with E-state index in [9.17, 15) is 9.59 Å². The number of carbonyl (C=O) groups excluding carboxylic acids is 2. The zero-order valence-electron chi connectivity index (χ0n) is 15.1. The van der Waals surface area contributed by atoms with Gasteiger partial charge < -0.3 is 4.74 Å². The zero-order valence-corrected chi connectivity index (χ0v) is 16.8. The van der Waals surface area contributed by atoms with Crippen molar-refractivity contribution in [2.24, 2.45) is 0 Å². The predicted molar refractivity (Wildman–Crippen MR) is 118 cm³/mol. The lowest BCUT2D eigenvalue weighted by molar-refractivity contribution is -0.130. The molecule has 0 unspecified atom stereocenters. The third kappa shape index (κ3) is 3.12. The second kappa shape index (κ2) is 7.43. The molecule has 0 saturated heterocycles. The van der Waals surface area contributed by atoms with Crippen LogP contribution in [0.15, 0.2) is 95.4 Å². The summed E-state index contributed by atoms with van der Waals surface area (Å²) in [6.45, 7) is 0. The summed E-state index contributed by atoms with van der Waals surface area (Å²) in [6.07, 6.45) is 0. The van der Waals surface area contributed by atoms with Crippen LogP contribution in [-0.4, -0.2) is 11.8 Å². The Morgan fingerprint density at radius 1 is 0.586 bits per heavy atom. The lowest BCUT2D eigenvalue weighted by Gasteiger charge is -2.19. The Morgan fingerprint density at radius 3 is 1.90 bits per heavy atom. The van der Waals surface area contributed by atoms with Crippen LogP contribution in [0.25, 0.3) is 10.5 Å². The average Bonchev–Trinajstić information content (AvgIpc) is 3.20. The van der Waals surface area contributed by atoms with Crippen molar-refractivity contribution in [2.75, 3.05) is 0 Å². The summed E-state index contributed by atoms with van der Waals surface area (Å²) in [5.74, 6) is -0.571. The maximum atomic E-state index is 13.2. The van der Waals surface area contributed by atoms with Crippen molar-refractivity contribution < 1.29 is 14.3 Å². The van der Waals surface area contributed by atoms with Crippen LogP contribution in [-0.2, 0) is 4.79 Å². The number of rotatable bonds is 2. The topological polar surface area (TPSA) is 43.4 Å². The molecule has 3 aromatic carbocycles. The van der Waals surface area contributed by atoms with E-state index in [1.165, 1.54) is 10.8 Å². The highest BCUT2D eigenvalue weighted by Crippen LogP contribution is 2.59. The Morgan fingerprint density at radius 2 is 1.17 bits per heavy atom. The van der Waals surface area contributed by atoms with Gasteiger partial charge in [-0.1, -0.05) is 94.4 Å². The number of para-hydroxylation sites is 1. The van der Waals surface area contributed by atoms with Crippen LogP contribution >= 0.6 is 21.6 Å². The third-order valence-corrected chi connectivity index (χ3v) is 7.27. The number of allylic oxidation sites excluding steroid dienone is 1. The Hall–Kier alpha value is -3.02. The molecule has 0 radical (unpaired) electrons. The molecule has 0 spiro atoms. The van der Waals surface area contributed by atoms with Crippen LogP contribution < -0.4 is 4.74 Å². The van der Waals surface area contributed by atoms with Gasteiger partial charge in [-0.25, -0.2) is 4.79 Å². The van der Waals surface area contributed by atoms with E-state index in [4.69, 9.17) is 4.74 Å². The molecule has 2 aliphatic rings. The largest absolute Gasteiger partial charge is 0.422 e. The molecule has 0 bridgehead atoms. The molecule has 5 heteroatoms. The van der Waals surface area contributed by atoms with E-state index >= 15 is 0 Å². The number of ketones is 1. The van der Waals surface area contributed by atoms with E-state index in [0.29, 0.717) is 16.2 Å². The number of fused-ring (bicyclic) bond motifs is 1. The van der Waals surface area contributed by atoms with E-state index in [0.717, 1.165) is 21.6 Å². The van der Waals surface area contributed by atoms with E-state index in [1.807, 2.05) is 60.7 Å². The summed E-state index contributed by atoms with van der Waals surface area (Å²) in [6, 6.07) is 26.7. The Kier molecular flexibility index (Phi) is 4.62. The van der Waals surface area contributed by atoms with Gasteiger partial charge in [0.25, 0.3) is 0 Å². The highest BCUT2D eigenvalue weighted by molar-refractivity contribution is 8.82. The minimum absolute atomic E-state index is 0.103. The third-order valence-electron chi connectivity index (χ3n) is 4.75. The Labute approximate surface area is 175 Å². The SMILES string of the molecule is O=C1Oc2ccccc2C(=O)C1=C1SSC(c2ccccc2)=C1c1ccccc1. The fourth-order valence-electron chi connectivity index (χ4n) is 3.40. The van der Waals surface area contributed by atoms with Gasteiger partial charge in [0.05, 0.1) is 5.56 Å². The summed E-state index contributed by atoms with van der Waals surface area (Å²) >= 11 is 0. The fourth-order valence-corrected chi connectivity index (χ4v) is 6.27. The van der Waals surface area contributed by atoms with Gasteiger partial charge in [0.1, 0.15) is 11.3 Å². The van der Waals surface area contributed by atoms with Gasteiger partial charge in [-0.15, -0.1) is 0 Å². The molecule has 0 fully saturated rings. The lowest BCUT2D eigenvalue weighted by Crippen LogP contribution is -2.26. The summed E-state index contributed by atoms with van der Waals surface area (Å²) in [4.78, 5) is 27.7. The van der Waals surface area contributed by atoms with E-state index in [-0.39, 0.29) is 11.4 Å². The van der Waals surface area contributed by atoms with Gasteiger partial charge >= 0.3 is 5.97 Å². The first-order valence-corrected chi connectivity index (χ1v) is 11.2. The minimum Gasteiger partial charge on any atom is -0.422 e. The summed E-state index contributed by atoms with van der Waals surface area (Å²) in [7, 11) is 3.00. The van der Waals surface area contributed by atoms with Crippen molar-refractivity contribution in [3.05, 3.63) is 112 Å². The molecule has 2 aliphatic heterocycles. The van der Waals surface area contributed by atoms with Gasteiger partial charge in [0.15, 0.2) is 0 Å². The highest BCUT2D eigenvalue weighted by Gasteiger charge is 2.38. The number of hydrogen-bond acceptors (Lipinski definition) is 5. The first kappa shape index (κ1) is 18.0. The molecule has 2 heterocycles. The van der Waals surface area contributed by atoms with Crippen molar-refractivity contribution in [3.8, 4) is 5.75 Å². The number of carbonyl (C=O) groups is 2. The molecule has 0 amide bonds. The van der Waals surface area contributed by atoms with Crippen LogP contribution in [0.1, 0.15) is 21.5 Å². The summed E-state index contributed by atoms with van der Waals surface area (Å²) in [5, 5.41) is 0. The van der Waals surface area contributed by atoms with Gasteiger partial charge in [-0.05, 0) is 23.3 Å². The van der Waals surface area contributed by atoms with E-state index < -0.39 is 5.97 Å². The first-order chi connectivity index (χ1) is 14.2. The summed E-state index contributed by atoms with van der Waals surface area (Å²) < 4.78 is 5.49. The van der Waals surface area contributed by atoms with Gasteiger partial charge in [0.2, 0.25) is 5.78 Å². The van der Waals surface area contributed by atoms with Gasteiger partial charge in [0, 0.05) is 15.4 Å². The molecule has 0 aliphatic carbocycles. The lowest BCUT2D eigenvalue weighted by atomic mass is 9.94. The van der Waals surface area contributed by atoms with Gasteiger partial charge in [-0.3, -0.25) is 4.79 Å². The maximum Gasteiger partial charge on any atom is 0.348 e. The van der Waals surface area contributed by atoms with Gasteiger partial charge in [-0.2, -0.15) is 0 Å².